The summed E-state index contributed by atoms with van der Waals surface area (Å²) in [5.74, 6) is 1.60. The zero-order chi connectivity index (χ0) is 20.2. The van der Waals surface area contributed by atoms with Crippen LogP contribution in [-0.4, -0.2) is 35.1 Å². The van der Waals surface area contributed by atoms with Gasteiger partial charge in [-0.2, -0.15) is 5.26 Å². The fourth-order valence-corrected chi connectivity index (χ4v) is 3.69. The second kappa shape index (κ2) is 8.38. The summed E-state index contributed by atoms with van der Waals surface area (Å²) in [4.78, 5) is 15.2. The van der Waals surface area contributed by atoms with Crippen LogP contribution in [0.1, 0.15) is 29.3 Å². The van der Waals surface area contributed by atoms with Crippen LogP contribution in [0.5, 0.6) is 11.5 Å². The first-order valence-electron chi connectivity index (χ1n) is 9.78. The molecule has 2 heterocycles. The van der Waals surface area contributed by atoms with Gasteiger partial charge in [0.25, 0.3) is 0 Å². The first-order valence-corrected chi connectivity index (χ1v) is 9.78. The third kappa shape index (κ3) is 3.96. The normalized spacial score (nSPS) is 12.4. The topological polar surface area (TPSA) is 67.5 Å². The van der Waals surface area contributed by atoms with E-state index in [1.54, 1.807) is 0 Å². The molecule has 0 amide bonds. The fraction of sp³-hybridized carbons (Fsp3) is 0.304. The van der Waals surface area contributed by atoms with Crippen LogP contribution in [0, 0.1) is 11.3 Å². The van der Waals surface area contributed by atoms with Crippen LogP contribution < -0.4 is 9.47 Å². The average Bonchev–Trinajstić information content (AvgIpc) is 3.36. The van der Waals surface area contributed by atoms with Gasteiger partial charge in [-0.25, -0.2) is 0 Å². The lowest BCUT2D eigenvalue weighted by molar-refractivity contribution is 0.0931. The van der Waals surface area contributed by atoms with E-state index in [-0.39, 0.29) is 12.6 Å². The maximum Gasteiger partial charge on any atom is 0.231 e. The Bertz CT molecular complexity index is 1080. The van der Waals surface area contributed by atoms with Gasteiger partial charge in [0.1, 0.15) is 0 Å². The van der Waals surface area contributed by atoms with Gasteiger partial charge in [0.15, 0.2) is 17.3 Å². The zero-order valence-electron chi connectivity index (χ0n) is 16.4. The van der Waals surface area contributed by atoms with Crippen molar-refractivity contribution >= 4 is 16.7 Å². The third-order valence-corrected chi connectivity index (χ3v) is 5.21. The summed E-state index contributed by atoms with van der Waals surface area (Å²) < 4.78 is 12.8. The van der Waals surface area contributed by atoms with Gasteiger partial charge in [0.05, 0.1) is 19.0 Å². The van der Waals surface area contributed by atoms with Gasteiger partial charge in [0, 0.05) is 35.8 Å². The van der Waals surface area contributed by atoms with Crippen LogP contribution in [0.25, 0.3) is 10.9 Å². The number of nitriles is 1. The molecule has 6 heteroatoms. The molecule has 3 aromatic rings. The first kappa shape index (κ1) is 19.0. The van der Waals surface area contributed by atoms with Crippen molar-refractivity contribution in [2.75, 3.05) is 19.9 Å². The van der Waals surface area contributed by atoms with Gasteiger partial charge in [0.2, 0.25) is 6.79 Å². The minimum atomic E-state index is 0.0829. The van der Waals surface area contributed by atoms with E-state index in [1.807, 2.05) is 53.2 Å². The highest BCUT2D eigenvalue weighted by Gasteiger charge is 2.19. The van der Waals surface area contributed by atoms with Gasteiger partial charge in [-0.3, -0.25) is 9.69 Å². The molecular weight excluding hydrogens is 366 g/mol. The molecule has 1 aliphatic rings. The maximum atomic E-state index is 13.1. The van der Waals surface area contributed by atoms with Crippen LogP contribution in [0.3, 0.4) is 0 Å². The summed E-state index contributed by atoms with van der Waals surface area (Å²) in [6.45, 7) is 4.64. The van der Waals surface area contributed by atoms with Crippen molar-refractivity contribution in [2.45, 2.75) is 26.4 Å². The van der Waals surface area contributed by atoms with Gasteiger partial charge in [-0.05, 0) is 30.3 Å². The number of benzene rings is 2. The number of ketones is 1. The predicted molar refractivity (Wildman–Crippen MR) is 110 cm³/mol. The van der Waals surface area contributed by atoms with Crippen molar-refractivity contribution < 1.29 is 14.3 Å². The number of aromatic nitrogens is 1. The number of hydrogen-bond acceptors (Lipinski definition) is 5. The lowest BCUT2D eigenvalue weighted by atomic mass is 10.1. The average molecular weight is 389 g/mol. The molecule has 1 aliphatic heterocycles. The fourth-order valence-electron chi connectivity index (χ4n) is 3.69. The van der Waals surface area contributed by atoms with Crippen molar-refractivity contribution in [3.05, 3.63) is 59.8 Å². The molecule has 0 N–H and O–H groups in total. The van der Waals surface area contributed by atoms with E-state index in [0.717, 1.165) is 34.5 Å². The number of carbonyl (C=O) groups is 1. The molecule has 0 atom stereocenters. The van der Waals surface area contributed by atoms with Crippen LogP contribution in [0.2, 0.25) is 0 Å². The van der Waals surface area contributed by atoms with E-state index in [4.69, 9.17) is 14.7 Å². The molecule has 0 bridgehead atoms. The number of fused-ring (bicyclic) bond motifs is 2. The lowest BCUT2D eigenvalue weighted by Gasteiger charge is -2.19. The van der Waals surface area contributed by atoms with Crippen LogP contribution >= 0.6 is 0 Å². The number of Topliss-reactive ketones (excluding diaryl/α,β-unsaturated/α-hetero) is 1. The van der Waals surface area contributed by atoms with Crippen molar-refractivity contribution in [1.82, 2.24) is 9.47 Å². The smallest absolute Gasteiger partial charge is 0.231 e. The first-order chi connectivity index (χ1) is 14.2. The summed E-state index contributed by atoms with van der Waals surface area (Å²) in [6, 6.07) is 15.9. The van der Waals surface area contributed by atoms with Gasteiger partial charge < -0.3 is 14.0 Å². The van der Waals surface area contributed by atoms with Crippen molar-refractivity contribution in [3.8, 4) is 17.6 Å². The molecule has 0 spiro atoms. The Morgan fingerprint density at radius 1 is 1.21 bits per heavy atom. The molecule has 0 radical (unpaired) electrons. The Hall–Kier alpha value is -3.30. The Kier molecular flexibility index (Phi) is 5.50. The van der Waals surface area contributed by atoms with E-state index in [2.05, 4.69) is 17.9 Å². The van der Waals surface area contributed by atoms with E-state index >= 15 is 0 Å². The van der Waals surface area contributed by atoms with Gasteiger partial charge >= 0.3 is 0 Å². The molecule has 1 aromatic heterocycles. The van der Waals surface area contributed by atoms with Crippen molar-refractivity contribution in [3.63, 3.8) is 0 Å². The second-order valence-electron chi connectivity index (χ2n) is 7.08. The highest BCUT2D eigenvalue weighted by atomic mass is 16.7. The highest BCUT2D eigenvalue weighted by Crippen LogP contribution is 2.33. The number of carbonyl (C=O) groups excluding carboxylic acids is 1. The van der Waals surface area contributed by atoms with Crippen molar-refractivity contribution in [2.24, 2.45) is 0 Å². The zero-order valence-corrected chi connectivity index (χ0v) is 16.4. The minimum absolute atomic E-state index is 0.0829. The Morgan fingerprint density at radius 3 is 2.86 bits per heavy atom. The third-order valence-electron chi connectivity index (χ3n) is 5.21. The minimum Gasteiger partial charge on any atom is -0.454 e. The molecular formula is C23H23N3O3. The summed E-state index contributed by atoms with van der Waals surface area (Å²) in [6.07, 6.45) is 2.30. The Balaban J connectivity index is 1.52. The second-order valence-corrected chi connectivity index (χ2v) is 7.08. The SMILES string of the molecule is CCN(CC(=O)c1cn(CCC#N)c2ccccc12)Cc1ccc2c(c1)OCO2. The monoisotopic (exact) mass is 389 g/mol. The number of likely N-dealkylation sites (N-methyl/N-ethyl adjacent to an activating group) is 1. The molecule has 148 valence electrons. The summed E-state index contributed by atoms with van der Waals surface area (Å²) in [7, 11) is 0. The van der Waals surface area contributed by atoms with Gasteiger partial charge in [-0.15, -0.1) is 0 Å². The summed E-state index contributed by atoms with van der Waals surface area (Å²) >= 11 is 0. The summed E-state index contributed by atoms with van der Waals surface area (Å²) in [5.41, 5.74) is 2.79. The Morgan fingerprint density at radius 2 is 2.03 bits per heavy atom. The number of para-hydroxylation sites is 1. The number of aryl methyl sites for hydroxylation is 1. The molecule has 0 aliphatic carbocycles. The van der Waals surface area contributed by atoms with E-state index in [9.17, 15) is 4.79 Å². The van der Waals surface area contributed by atoms with Crippen LogP contribution in [0.15, 0.2) is 48.7 Å². The lowest BCUT2D eigenvalue weighted by Crippen LogP contribution is -2.29. The maximum absolute atomic E-state index is 13.1. The van der Waals surface area contributed by atoms with Gasteiger partial charge in [-0.1, -0.05) is 31.2 Å². The molecule has 0 saturated carbocycles. The molecule has 0 fully saturated rings. The van der Waals surface area contributed by atoms with Crippen molar-refractivity contribution in [1.29, 1.82) is 5.26 Å². The number of ether oxygens (including phenoxy) is 2. The molecule has 4 rings (SSSR count). The predicted octanol–water partition coefficient (Wildman–Crippen LogP) is 3.99. The Labute approximate surface area is 169 Å². The number of hydrogen-bond donors (Lipinski definition) is 0. The number of rotatable bonds is 8. The number of nitrogens with zero attached hydrogens (tertiary/aromatic N) is 3. The largest absolute Gasteiger partial charge is 0.454 e. The standard InChI is InChI=1S/C23H23N3O3/c1-2-25(13-17-8-9-22-23(12-17)29-16-28-22)15-21(27)19-14-26(11-5-10-24)20-7-4-3-6-18(19)20/h3-4,6-9,12,14H,2,5,11,13,15-16H2,1H3. The van der Waals surface area contributed by atoms with E-state index < -0.39 is 0 Å². The quantitative estimate of drug-likeness (QED) is 0.545. The van der Waals surface area contributed by atoms with E-state index in [0.29, 0.717) is 31.6 Å². The molecule has 29 heavy (non-hydrogen) atoms. The molecule has 0 saturated heterocycles. The van der Waals surface area contributed by atoms with Crippen LogP contribution in [-0.2, 0) is 13.1 Å². The molecule has 0 unspecified atom stereocenters. The summed E-state index contributed by atoms with van der Waals surface area (Å²) in [5, 5.41) is 9.85. The highest BCUT2D eigenvalue weighted by molar-refractivity contribution is 6.09. The van der Waals surface area contributed by atoms with E-state index in [1.165, 1.54) is 0 Å². The molecule has 2 aromatic carbocycles. The molecule has 6 nitrogen and oxygen atoms in total. The van der Waals surface area contributed by atoms with Crippen LogP contribution in [0.4, 0.5) is 0 Å².